The zero-order chi connectivity index (χ0) is 13.4. The fourth-order valence-electron chi connectivity index (χ4n) is 2.32. The van der Waals surface area contributed by atoms with Crippen molar-refractivity contribution >= 4 is 11.8 Å². The number of hydrogen-bond acceptors (Lipinski definition) is 3. The van der Waals surface area contributed by atoms with Crippen molar-refractivity contribution in [1.82, 2.24) is 9.88 Å². The first kappa shape index (κ1) is 11.6. The summed E-state index contributed by atoms with van der Waals surface area (Å²) in [6, 6.07) is 12.5. The first-order valence-corrected chi connectivity index (χ1v) is 6.08. The zero-order valence-corrected chi connectivity index (χ0v) is 10.4. The summed E-state index contributed by atoms with van der Waals surface area (Å²) in [4.78, 5) is 29.8. The molecule has 1 aromatic carbocycles. The van der Waals surface area contributed by atoms with Gasteiger partial charge in [0.1, 0.15) is 5.69 Å². The number of benzene rings is 1. The van der Waals surface area contributed by atoms with Gasteiger partial charge in [-0.25, -0.2) is 0 Å². The molecule has 94 valence electrons. The molecule has 1 atom stereocenters. The smallest absolute Gasteiger partial charge is 0.268 e. The van der Waals surface area contributed by atoms with Crippen LogP contribution >= 0.6 is 0 Å². The first-order chi connectivity index (χ1) is 9.20. The Morgan fingerprint density at radius 2 is 1.74 bits per heavy atom. The highest BCUT2D eigenvalue weighted by atomic mass is 16.2. The van der Waals surface area contributed by atoms with Crippen LogP contribution in [-0.2, 0) is 0 Å². The first-order valence-electron chi connectivity index (χ1n) is 6.08. The van der Waals surface area contributed by atoms with Gasteiger partial charge in [-0.2, -0.15) is 0 Å². The molecule has 0 radical (unpaired) electrons. The maximum Gasteiger partial charge on any atom is 0.280 e. The summed E-state index contributed by atoms with van der Waals surface area (Å²) in [5.41, 5.74) is 1.56. The third-order valence-electron chi connectivity index (χ3n) is 3.35. The van der Waals surface area contributed by atoms with Gasteiger partial charge in [-0.15, -0.1) is 0 Å². The van der Waals surface area contributed by atoms with Gasteiger partial charge in [0.25, 0.3) is 11.8 Å². The predicted octanol–water partition coefficient (Wildman–Crippen LogP) is 2.44. The third-order valence-corrected chi connectivity index (χ3v) is 3.35. The summed E-state index contributed by atoms with van der Waals surface area (Å²) >= 11 is 0. The molecule has 0 spiro atoms. The molecule has 19 heavy (non-hydrogen) atoms. The fourth-order valence-corrected chi connectivity index (χ4v) is 2.32. The Morgan fingerprint density at radius 1 is 1.00 bits per heavy atom. The number of imide groups is 1. The number of pyridine rings is 1. The summed E-state index contributed by atoms with van der Waals surface area (Å²) in [5, 5.41) is 0. The molecule has 4 heteroatoms. The van der Waals surface area contributed by atoms with Crippen molar-refractivity contribution in [3.05, 3.63) is 65.5 Å². The predicted molar refractivity (Wildman–Crippen MR) is 69.6 cm³/mol. The molecule has 0 N–H and O–H groups in total. The van der Waals surface area contributed by atoms with Crippen LogP contribution in [0, 0.1) is 0 Å². The highest BCUT2D eigenvalue weighted by Crippen LogP contribution is 2.29. The average molecular weight is 252 g/mol. The molecular weight excluding hydrogens is 240 g/mol. The van der Waals surface area contributed by atoms with Gasteiger partial charge in [-0.05, 0) is 24.6 Å². The molecule has 0 aliphatic carbocycles. The van der Waals surface area contributed by atoms with Crippen molar-refractivity contribution in [2.75, 3.05) is 0 Å². The molecule has 2 aromatic rings. The van der Waals surface area contributed by atoms with Crippen LogP contribution < -0.4 is 0 Å². The molecule has 2 amide bonds. The third kappa shape index (κ3) is 1.73. The van der Waals surface area contributed by atoms with Crippen LogP contribution in [0.2, 0.25) is 0 Å². The monoisotopic (exact) mass is 252 g/mol. The van der Waals surface area contributed by atoms with Gasteiger partial charge in [0.15, 0.2) is 0 Å². The standard InChI is InChI=1S/C15H12N2O2/c1-10(11-6-3-2-4-7-11)17-14(18)12-8-5-9-16-13(12)15(17)19/h2-10H,1H3/t10-/m0/s1. The van der Waals surface area contributed by atoms with Gasteiger partial charge >= 0.3 is 0 Å². The Kier molecular flexibility index (Phi) is 2.63. The number of amides is 2. The van der Waals surface area contributed by atoms with Gasteiger partial charge in [0.2, 0.25) is 0 Å². The lowest BCUT2D eigenvalue weighted by molar-refractivity contribution is 0.0593. The summed E-state index contributed by atoms with van der Waals surface area (Å²) in [5.74, 6) is -0.596. The normalized spacial score (nSPS) is 15.5. The van der Waals surface area contributed by atoms with E-state index >= 15 is 0 Å². The van der Waals surface area contributed by atoms with Crippen molar-refractivity contribution in [3.63, 3.8) is 0 Å². The van der Waals surface area contributed by atoms with Crippen LogP contribution in [0.5, 0.6) is 0 Å². The summed E-state index contributed by atoms with van der Waals surface area (Å²) in [6.45, 7) is 1.84. The van der Waals surface area contributed by atoms with E-state index in [0.29, 0.717) is 5.56 Å². The highest BCUT2D eigenvalue weighted by Gasteiger charge is 2.39. The summed E-state index contributed by atoms with van der Waals surface area (Å²) < 4.78 is 0. The van der Waals surface area contributed by atoms with Crippen LogP contribution in [0.3, 0.4) is 0 Å². The molecule has 3 rings (SSSR count). The lowest BCUT2D eigenvalue weighted by Crippen LogP contribution is -2.32. The van der Waals surface area contributed by atoms with Gasteiger partial charge in [0.05, 0.1) is 11.6 Å². The Morgan fingerprint density at radius 3 is 2.42 bits per heavy atom. The molecule has 0 bridgehead atoms. The molecule has 1 aliphatic heterocycles. The molecular formula is C15H12N2O2. The highest BCUT2D eigenvalue weighted by molar-refractivity contribution is 6.20. The number of nitrogens with zero attached hydrogens (tertiary/aromatic N) is 2. The van der Waals surface area contributed by atoms with Crippen molar-refractivity contribution < 1.29 is 9.59 Å². The summed E-state index contributed by atoms with van der Waals surface area (Å²) in [6.07, 6.45) is 1.53. The number of fused-ring (bicyclic) bond motifs is 1. The van der Waals surface area contributed by atoms with Crippen LogP contribution in [0.4, 0.5) is 0 Å². The van der Waals surface area contributed by atoms with E-state index in [2.05, 4.69) is 4.98 Å². The zero-order valence-electron chi connectivity index (χ0n) is 10.4. The van der Waals surface area contributed by atoms with E-state index in [9.17, 15) is 9.59 Å². The molecule has 0 saturated heterocycles. The maximum atomic E-state index is 12.3. The van der Waals surface area contributed by atoms with E-state index in [-0.39, 0.29) is 23.6 Å². The molecule has 4 nitrogen and oxygen atoms in total. The molecule has 1 aromatic heterocycles. The fraction of sp³-hybridized carbons (Fsp3) is 0.133. The van der Waals surface area contributed by atoms with Gasteiger partial charge < -0.3 is 0 Å². The number of rotatable bonds is 2. The van der Waals surface area contributed by atoms with Crippen molar-refractivity contribution in [2.45, 2.75) is 13.0 Å². The minimum Gasteiger partial charge on any atom is -0.268 e. The SMILES string of the molecule is C[C@@H](c1ccccc1)N1C(=O)c2cccnc2C1=O. The quantitative estimate of drug-likeness (QED) is 0.771. The lowest BCUT2D eigenvalue weighted by Gasteiger charge is -2.22. The van der Waals surface area contributed by atoms with E-state index < -0.39 is 0 Å². The maximum absolute atomic E-state index is 12.3. The molecule has 0 unspecified atom stereocenters. The van der Waals surface area contributed by atoms with E-state index in [0.717, 1.165) is 5.56 Å². The Bertz CT molecular complexity index is 617. The number of hydrogen-bond donors (Lipinski definition) is 0. The molecule has 1 aliphatic rings. The molecule has 0 saturated carbocycles. The number of carbonyl (C=O) groups excluding carboxylic acids is 2. The van der Waals surface area contributed by atoms with Gasteiger partial charge in [-0.1, -0.05) is 30.3 Å². The van der Waals surface area contributed by atoms with Crippen LogP contribution in [0.1, 0.15) is 39.4 Å². The minimum absolute atomic E-state index is 0.246. The van der Waals surface area contributed by atoms with Crippen LogP contribution in [0.25, 0.3) is 0 Å². The van der Waals surface area contributed by atoms with E-state index in [1.54, 1.807) is 12.1 Å². The Hall–Kier alpha value is -2.49. The van der Waals surface area contributed by atoms with Crippen LogP contribution in [-0.4, -0.2) is 21.7 Å². The van der Waals surface area contributed by atoms with Gasteiger partial charge in [0, 0.05) is 6.20 Å². The van der Waals surface area contributed by atoms with Gasteiger partial charge in [-0.3, -0.25) is 19.5 Å². The number of carbonyl (C=O) groups is 2. The van der Waals surface area contributed by atoms with Crippen LogP contribution in [0.15, 0.2) is 48.7 Å². The Balaban J connectivity index is 2.01. The topological polar surface area (TPSA) is 50.3 Å². The second kappa shape index (κ2) is 4.31. The molecule has 2 heterocycles. The lowest BCUT2D eigenvalue weighted by atomic mass is 10.1. The van der Waals surface area contributed by atoms with Crippen molar-refractivity contribution in [1.29, 1.82) is 0 Å². The second-order valence-corrected chi connectivity index (χ2v) is 4.47. The Labute approximate surface area is 110 Å². The van der Waals surface area contributed by atoms with E-state index in [1.165, 1.54) is 11.1 Å². The van der Waals surface area contributed by atoms with E-state index in [4.69, 9.17) is 0 Å². The minimum atomic E-state index is -0.322. The number of aromatic nitrogens is 1. The average Bonchev–Trinajstić information content (AvgIpc) is 2.72. The molecule has 0 fully saturated rings. The largest absolute Gasteiger partial charge is 0.280 e. The van der Waals surface area contributed by atoms with E-state index in [1.807, 2.05) is 37.3 Å². The summed E-state index contributed by atoms with van der Waals surface area (Å²) in [7, 11) is 0. The van der Waals surface area contributed by atoms with Crippen molar-refractivity contribution in [3.8, 4) is 0 Å². The van der Waals surface area contributed by atoms with Crippen molar-refractivity contribution in [2.24, 2.45) is 0 Å². The second-order valence-electron chi connectivity index (χ2n) is 4.47.